The van der Waals surface area contributed by atoms with Gasteiger partial charge in [0.05, 0.1) is 34.1 Å². The van der Waals surface area contributed by atoms with Crippen molar-refractivity contribution in [3.63, 3.8) is 0 Å². The summed E-state index contributed by atoms with van der Waals surface area (Å²) in [5, 5.41) is 1.02. The Kier molecular flexibility index (Phi) is 3.47. The first-order valence-corrected chi connectivity index (χ1v) is 5.94. The fourth-order valence-electron chi connectivity index (χ4n) is 1.86. The number of halogens is 2. The summed E-state index contributed by atoms with van der Waals surface area (Å²) in [6.07, 6.45) is 0.211. The lowest BCUT2D eigenvalue weighted by Crippen LogP contribution is -2.41. The van der Waals surface area contributed by atoms with E-state index in [9.17, 15) is 0 Å². The SMILES string of the molecule is CC1CN(c2cc(Cl)c(Cl)cc2N)CCO1. The van der Waals surface area contributed by atoms with Crippen molar-refractivity contribution >= 4 is 34.6 Å². The molecule has 1 aliphatic heterocycles. The van der Waals surface area contributed by atoms with Crippen LogP contribution < -0.4 is 10.6 Å². The molecule has 1 aromatic rings. The van der Waals surface area contributed by atoms with Crippen LogP contribution in [-0.4, -0.2) is 25.8 Å². The molecule has 5 heteroatoms. The Morgan fingerprint density at radius 1 is 1.38 bits per heavy atom. The third-order valence-electron chi connectivity index (χ3n) is 2.65. The van der Waals surface area contributed by atoms with E-state index < -0.39 is 0 Å². The second-order valence-electron chi connectivity index (χ2n) is 3.95. The smallest absolute Gasteiger partial charge is 0.0722 e. The molecule has 16 heavy (non-hydrogen) atoms. The first-order valence-electron chi connectivity index (χ1n) is 5.19. The van der Waals surface area contributed by atoms with Gasteiger partial charge in [0.2, 0.25) is 0 Å². The Morgan fingerprint density at radius 3 is 2.75 bits per heavy atom. The van der Waals surface area contributed by atoms with E-state index in [1.54, 1.807) is 6.07 Å². The molecule has 0 amide bonds. The van der Waals surface area contributed by atoms with Gasteiger partial charge in [-0.25, -0.2) is 0 Å². The summed E-state index contributed by atoms with van der Waals surface area (Å²) >= 11 is 11.9. The van der Waals surface area contributed by atoms with Crippen LogP contribution in [0.1, 0.15) is 6.92 Å². The highest BCUT2D eigenvalue weighted by Crippen LogP contribution is 2.33. The molecule has 0 saturated carbocycles. The Hall–Kier alpha value is -0.640. The van der Waals surface area contributed by atoms with Gasteiger partial charge in [0.15, 0.2) is 0 Å². The molecule has 0 radical (unpaired) electrons. The van der Waals surface area contributed by atoms with E-state index in [0.717, 1.165) is 18.8 Å². The van der Waals surface area contributed by atoms with Crippen LogP contribution >= 0.6 is 23.2 Å². The highest BCUT2D eigenvalue weighted by molar-refractivity contribution is 6.42. The van der Waals surface area contributed by atoms with Crippen molar-refractivity contribution in [3.8, 4) is 0 Å². The van der Waals surface area contributed by atoms with Gasteiger partial charge in [0.1, 0.15) is 0 Å². The van der Waals surface area contributed by atoms with Gasteiger partial charge in [-0.15, -0.1) is 0 Å². The molecule has 1 heterocycles. The predicted octanol–water partition coefficient (Wildman–Crippen LogP) is 2.80. The first-order chi connectivity index (χ1) is 7.58. The van der Waals surface area contributed by atoms with Crippen LogP contribution in [0.2, 0.25) is 10.0 Å². The van der Waals surface area contributed by atoms with Crippen LogP contribution in [0.3, 0.4) is 0 Å². The van der Waals surface area contributed by atoms with E-state index in [1.165, 1.54) is 0 Å². The van der Waals surface area contributed by atoms with Crippen molar-refractivity contribution in [2.75, 3.05) is 30.3 Å². The average molecular weight is 261 g/mol. The standard InChI is InChI=1S/C11H14Cl2N2O/c1-7-6-15(2-3-16-7)11-5-9(13)8(12)4-10(11)14/h4-5,7H,2-3,6,14H2,1H3. The summed E-state index contributed by atoms with van der Waals surface area (Å²) in [5.74, 6) is 0. The predicted molar refractivity (Wildman–Crippen MR) is 68.5 cm³/mol. The monoisotopic (exact) mass is 260 g/mol. The quantitative estimate of drug-likeness (QED) is 0.790. The van der Waals surface area contributed by atoms with Crippen LogP contribution in [0.5, 0.6) is 0 Å². The number of anilines is 2. The van der Waals surface area contributed by atoms with Crippen molar-refractivity contribution in [1.29, 1.82) is 0 Å². The first kappa shape index (κ1) is 11.8. The number of morpholine rings is 1. The Balaban J connectivity index is 2.29. The van der Waals surface area contributed by atoms with Gasteiger partial charge in [-0.05, 0) is 19.1 Å². The lowest BCUT2D eigenvalue weighted by atomic mass is 10.2. The van der Waals surface area contributed by atoms with Crippen LogP contribution in [-0.2, 0) is 4.74 Å². The van der Waals surface area contributed by atoms with E-state index in [4.69, 9.17) is 33.7 Å². The minimum Gasteiger partial charge on any atom is -0.397 e. The molecule has 1 saturated heterocycles. The van der Waals surface area contributed by atoms with E-state index in [1.807, 2.05) is 13.0 Å². The summed E-state index contributed by atoms with van der Waals surface area (Å²) in [7, 11) is 0. The summed E-state index contributed by atoms with van der Waals surface area (Å²) < 4.78 is 5.48. The topological polar surface area (TPSA) is 38.5 Å². The Morgan fingerprint density at radius 2 is 2.06 bits per heavy atom. The number of hydrogen-bond acceptors (Lipinski definition) is 3. The largest absolute Gasteiger partial charge is 0.397 e. The molecule has 88 valence electrons. The zero-order chi connectivity index (χ0) is 11.7. The zero-order valence-corrected chi connectivity index (χ0v) is 10.6. The number of hydrogen-bond donors (Lipinski definition) is 1. The van der Waals surface area contributed by atoms with Crippen molar-refractivity contribution in [3.05, 3.63) is 22.2 Å². The Labute approximate surface area is 105 Å². The van der Waals surface area contributed by atoms with Gasteiger partial charge in [-0.3, -0.25) is 0 Å². The van der Waals surface area contributed by atoms with Crippen LogP contribution in [0.15, 0.2) is 12.1 Å². The summed E-state index contributed by atoms with van der Waals surface area (Å²) in [6, 6.07) is 3.51. The molecule has 0 bridgehead atoms. The van der Waals surface area contributed by atoms with Gasteiger partial charge < -0.3 is 15.4 Å². The molecule has 1 aromatic carbocycles. The summed E-state index contributed by atoms with van der Waals surface area (Å²) in [6.45, 7) is 4.40. The molecule has 1 aliphatic rings. The highest BCUT2D eigenvalue weighted by Gasteiger charge is 2.19. The lowest BCUT2D eigenvalue weighted by molar-refractivity contribution is 0.0533. The number of nitrogen functional groups attached to an aromatic ring is 1. The number of nitrogens with two attached hydrogens (primary N) is 1. The molecular formula is C11H14Cl2N2O. The van der Waals surface area contributed by atoms with Gasteiger partial charge in [0.25, 0.3) is 0 Å². The Bertz CT molecular complexity index is 398. The molecule has 0 aromatic heterocycles. The maximum atomic E-state index is 6.00. The maximum absolute atomic E-state index is 6.00. The van der Waals surface area contributed by atoms with E-state index in [0.29, 0.717) is 22.3 Å². The second kappa shape index (κ2) is 4.70. The van der Waals surface area contributed by atoms with Gasteiger partial charge in [-0.2, -0.15) is 0 Å². The lowest BCUT2D eigenvalue weighted by Gasteiger charge is -2.33. The second-order valence-corrected chi connectivity index (χ2v) is 4.77. The summed E-state index contributed by atoms with van der Waals surface area (Å²) in [5.41, 5.74) is 7.53. The molecule has 1 atom stereocenters. The zero-order valence-electron chi connectivity index (χ0n) is 9.04. The van der Waals surface area contributed by atoms with Gasteiger partial charge in [-0.1, -0.05) is 23.2 Å². The third-order valence-corrected chi connectivity index (χ3v) is 3.37. The van der Waals surface area contributed by atoms with E-state index in [2.05, 4.69) is 4.90 Å². The van der Waals surface area contributed by atoms with Crippen molar-refractivity contribution in [2.45, 2.75) is 13.0 Å². The fourth-order valence-corrected chi connectivity index (χ4v) is 2.19. The fraction of sp³-hybridized carbons (Fsp3) is 0.455. The van der Waals surface area contributed by atoms with E-state index in [-0.39, 0.29) is 6.10 Å². The highest BCUT2D eigenvalue weighted by atomic mass is 35.5. The molecule has 0 spiro atoms. The number of rotatable bonds is 1. The third kappa shape index (κ3) is 2.37. The molecule has 0 aliphatic carbocycles. The van der Waals surface area contributed by atoms with Crippen LogP contribution in [0, 0.1) is 0 Å². The molecular weight excluding hydrogens is 247 g/mol. The number of ether oxygens (including phenoxy) is 1. The van der Waals surface area contributed by atoms with Crippen molar-refractivity contribution in [2.24, 2.45) is 0 Å². The molecule has 2 N–H and O–H groups in total. The maximum Gasteiger partial charge on any atom is 0.0722 e. The molecule has 3 nitrogen and oxygen atoms in total. The van der Waals surface area contributed by atoms with Gasteiger partial charge >= 0.3 is 0 Å². The minimum absolute atomic E-state index is 0.211. The average Bonchev–Trinajstić information content (AvgIpc) is 2.23. The molecule has 1 unspecified atom stereocenters. The molecule has 1 fully saturated rings. The van der Waals surface area contributed by atoms with Gasteiger partial charge in [0, 0.05) is 13.1 Å². The normalized spacial score (nSPS) is 21.2. The number of benzene rings is 1. The van der Waals surface area contributed by atoms with Crippen molar-refractivity contribution in [1.82, 2.24) is 0 Å². The minimum atomic E-state index is 0.211. The van der Waals surface area contributed by atoms with Crippen LogP contribution in [0.4, 0.5) is 11.4 Å². The summed E-state index contributed by atoms with van der Waals surface area (Å²) in [4.78, 5) is 2.17. The van der Waals surface area contributed by atoms with E-state index >= 15 is 0 Å². The molecule has 2 rings (SSSR count). The van der Waals surface area contributed by atoms with Crippen LogP contribution in [0.25, 0.3) is 0 Å². The number of nitrogens with zero attached hydrogens (tertiary/aromatic N) is 1. The van der Waals surface area contributed by atoms with Crippen molar-refractivity contribution < 1.29 is 4.74 Å².